The van der Waals surface area contributed by atoms with E-state index in [2.05, 4.69) is 0 Å². The van der Waals surface area contributed by atoms with Crippen molar-refractivity contribution in [3.63, 3.8) is 0 Å². The van der Waals surface area contributed by atoms with Gasteiger partial charge in [-0.25, -0.2) is 0 Å². The number of pyridine rings is 1. The lowest BCUT2D eigenvalue weighted by Gasteiger charge is -2.01. The number of hydrogen-bond acceptors (Lipinski definition) is 1. The maximum absolute atomic E-state index is 9.33. The molecule has 0 aliphatic rings. The Morgan fingerprint density at radius 1 is 1.18 bits per heavy atom. The summed E-state index contributed by atoms with van der Waals surface area (Å²) in [5, 5.41) is 10.6. The van der Waals surface area contributed by atoms with Gasteiger partial charge in [-0.3, -0.25) is 0 Å². The second-order valence-corrected chi connectivity index (χ2v) is 4.31. The second kappa shape index (κ2) is 6.10. The van der Waals surface area contributed by atoms with Crippen molar-refractivity contribution < 1.29 is 22.1 Å². The molecule has 0 unspecified atom stereocenters. The lowest BCUT2D eigenvalue weighted by Crippen LogP contribution is -3.00. The van der Waals surface area contributed by atoms with Gasteiger partial charge in [0.25, 0.3) is 0 Å². The van der Waals surface area contributed by atoms with Crippen molar-refractivity contribution in [3.05, 3.63) is 58.3 Å². The highest BCUT2D eigenvalue weighted by molar-refractivity contribution is 6.35. The lowest BCUT2D eigenvalue weighted by molar-refractivity contribution is -0.688. The van der Waals surface area contributed by atoms with E-state index < -0.39 is 0 Å². The van der Waals surface area contributed by atoms with Crippen LogP contribution in [0.4, 0.5) is 0 Å². The molecule has 2 aromatic rings. The van der Waals surface area contributed by atoms with Crippen molar-refractivity contribution in [1.82, 2.24) is 0 Å². The van der Waals surface area contributed by atoms with Crippen LogP contribution in [0, 0.1) is 0 Å². The third kappa shape index (κ3) is 3.77. The van der Waals surface area contributed by atoms with E-state index in [9.17, 15) is 5.11 Å². The summed E-state index contributed by atoms with van der Waals surface area (Å²) in [7, 11) is 0. The van der Waals surface area contributed by atoms with Crippen LogP contribution in [0.2, 0.25) is 10.0 Å². The quantitative estimate of drug-likeness (QED) is 0.776. The normalized spacial score (nSPS) is 9.76. The first-order chi connectivity index (χ1) is 7.65. The van der Waals surface area contributed by atoms with E-state index in [4.69, 9.17) is 23.2 Å². The summed E-state index contributed by atoms with van der Waals surface area (Å²) in [6.07, 6.45) is 3.51. The fourth-order valence-corrected chi connectivity index (χ4v) is 1.92. The van der Waals surface area contributed by atoms with Crippen LogP contribution < -0.4 is 17.0 Å². The summed E-state index contributed by atoms with van der Waals surface area (Å²) in [5.74, 6) is 0.229. The van der Waals surface area contributed by atoms with Crippen LogP contribution in [0.3, 0.4) is 0 Å². The standard InChI is InChI=1S/C12H9Cl2NO.ClH/c13-10-4-3-9(12(14)6-10)7-15-5-1-2-11(16)8-15;/h1-6,8H,7H2;1H. The van der Waals surface area contributed by atoms with E-state index in [-0.39, 0.29) is 18.2 Å². The minimum absolute atomic E-state index is 0. The zero-order valence-electron chi connectivity index (χ0n) is 8.78. The van der Waals surface area contributed by atoms with E-state index in [1.165, 1.54) is 0 Å². The molecule has 0 bridgehead atoms. The zero-order chi connectivity index (χ0) is 11.5. The van der Waals surface area contributed by atoms with Gasteiger partial charge in [-0.2, -0.15) is 4.57 Å². The Hall–Kier alpha value is -0.960. The minimum atomic E-state index is 0. The largest absolute Gasteiger partial charge is 1.00 e. The predicted molar refractivity (Wildman–Crippen MR) is 63.9 cm³/mol. The number of aromatic hydroxyl groups is 1. The van der Waals surface area contributed by atoms with Gasteiger partial charge in [0, 0.05) is 16.7 Å². The molecule has 0 aliphatic carbocycles. The maximum Gasteiger partial charge on any atom is 0.211 e. The molecule has 0 fully saturated rings. The fourth-order valence-electron chi connectivity index (χ4n) is 1.45. The van der Waals surface area contributed by atoms with Crippen molar-refractivity contribution in [2.75, 3.05) is 0 Å². The highest BCUT2D eigenvalue weighted by Gasteiger charge is 2.07. The first-order valence-corrected chi connectivity index (χ1v) is 5.53. The Morgan fingerprint density at radius 2 is 1.94 bits per heavy atom. The van der Waals surface area contributed by atoms with Crippen LogP contribution in [-0.2, 0) is 6.54 Å². The molecular formula is C12H10Cl3NO. The van der Waals surface area contributed by atoms with Crippen LogP contribution in [-0.4, -0.2) is 5.11 Å². The van der Waals surface area contributed by atoms with Crippen LogP contribution in [0.15, 0.2) is 42.7 Å². The topological polar surface area (TPSA) is 24.1 Å². The highest BCUT2D eigenvalue weighted by Crippen LogP contribution is 2.20. The molecule has 0 radical (unpaired) electrons. The molecule has 2 rings (SSSR count). The molecular weight excluding hydrogens is 280 g/mol. The van der Waals surface area contributed by atoms with E-state index in [0.29, 0.717) is 16.6 Å². The molecule has 90 valence electrons. The minimum Gasteiger partial charge on any atom is -1.00 e. The first kappa shape index (κ1) is 14.1. The first-order valence-electron chi connectivity index (χ1n) is 4.77. The molecule has 1 aromatic heterocycles. The Balaban J connectivity index is 0.00000144. The van der Waals surface area contributed by atoms with Crippen LogP contribution >= 0.6 is 23.2 Å². The smallest absolute Gasteiger partial charge is 0.211 e. The predicted octanol–water partition coefficient (Wildman–Crippen LogP) is 0.0388. The fraction of sp³-hybridized carbons (Fsp3) is 0.0833. The molecule has 5 heteroatoms. The maximum atomic E-state index is 9.33. The molecule has 0 spiro atoms. The Kier molecular flexibility index (Phi) is 5.06. The molecule has 0 aliphatic heterocycles. The number of aromatic nitrogens is 1. The van der Waals surface area contributed by atoms with Crippen molar-refractivity contribution in [3.8, 4) is 5.75 Å². The van der Waals surface area contributed by atoms with Crippen LogP contribution in [0.5, 0.6) is 5.75 Å². The molecule has 1 N–H and O–H groups in total. The summed E-state index contributed by atoms with van der Waals surface area (Å²) >= 11 is 11.9. The third-order valence-corrected chi connectivity index (χ3v) is 2.80. The van der Waals surface area contributed by atoms with Gasteiger partial charge < -0.3 is 17.5 Å². The monoisotopic (exact) mass is 289 g/mol. The summed E-state index contributed by atoms with van der Waals surface area (Å²) in [5.41, 5.74) is 0.960. The number of benzene rings is 1. The number of halogens is 3. The highest BCUT2D eigenvalue weighted by atomic mass is 35.5. The molecule has 1 aromatic carbocycles. The zero-order valence-corrected chi connectivity index (χ0v) is 11.0. The van der Waals surface area contributed by atoms with Crippen molar-refractivity contribution in [2.24, 2.45) is 0 Å². The molecule has 0 saturated heterocycles. The summed E-state index contributed by atoms with van der Waals surface area (Å²) in [4.78, 5) is 0. The molecule has 17 heavy (non-hydrogen) atoms. The summed E-state index contributed by atoms with van der Waals surface area (Å²) < 4.78 is 1.85. The SMILES string of the molecule is Oc1ccc[n+](Cc2ccc(Cl)cc2Cl)c1.[Cl-]. The third-order valence-electron chi connectivity index (χ3n) is 2.21. The van der Waals surface area contributed by atoms with Gasteiger partial charge in [-0.1, -0.05) is 23.2 Å². The molecule has 0 amide bonds. The number of rotatable bonds is 2. The molecule has 0 saturated carbocycles. The van der Waals surface area contributed by atoms with Crippen LogP contribution in [0.1, 0.15) is 5.56 Å². The van der Waals surface area contributed by atoms with Crippen LogP contribution in [0.25, 0.3) is 0 Å². The van der Waals surface area contributed by atoms with Gasteiger partial charge in [-0.05, 0) is 24.3 Å². The van der Waals surface area contributed by atoms with Crippen molar-refractivity contribution in [1.29, 1.82) is 0 Å². The molecule has 2 nitrogen and oxygen atoms in total. The summed E-state index contributed by atoms with van der Waals surface area (Å²) in [6.45, 7) is 0.602. The van der Waals surface area contributed by atoms with Gasteiger partial charge in [0.15, 0.2) is 18.5 Å². The van der Waals surface area contributed by atoms with Gasteiger partial charge in [-0.15, -0.1) is 0 Å². The van der Waals surface area contributed by atoms with E-state index in [1.807, 2.05) is 16.8 Å². The lowest BCUT2D eigenvalue weighted by atomic mass is 10.2. The Labute approximate surface area is 116 Å². The van der Waals surface area contributed by atoms with Gasteiger partial charge in [0.1, 0.15) is 0 Å². The van der Waals surface area contributed by atoms with E-state index >= 15 is 0 Å². The number of hydrogen-bond donors (Lipinski definition) is 1. The molecule has 0 atom stereocenters. The number of nitrogens with zero attached hydrogens (tertiary/aromatic N) is 1. The Bertz CT molecular complexity index is 517. The second-order valence-electron chi connectivity index (χ2n) is 3.47. The molecule has 1 heterocycles. The van der Waals surface area contributed by atoms with E-state index in [1.54, 1.807) is 30.5 Å². The summed E-state index contributed by atoms with van der Waals surface area (Å²) in [6, 6.07) is 8.79. The Morgan fingerprint density at radius 3 is 2.59 bits per heavy atom. The average Bonchev–Trinajstić information content (AvgIpc) is 2.22. The van der Waals surface area contributed by atoms with E-state index in [0.717, 1.165) is 5.56 Å². The average molecular weight is 291 g/mol. The van der Waals surface area contributed by atoms with Crippen molar-refractivity contribution >= 4 is 23.2 Å². The van der Waals surface area contributed by atoms with Gasteiger partial charge in [0.2, 0.25) is 6.20 Å². The van der Waals surface area contributed by atoms with Gasteiger partial charge >= 0.3 is 0 Å². The van der Waals surface area contributed by atoms with Gasteiger partial charge in [0.05, 0.1) is 5.02 Å². The van der Waals surface area contributed by atoms with Crippen molar-refractivity contribution in [2.45, 2.75) is 6.54 Å².